The van der Waals surface area contributed by atoms with Crippen LogP contribution in [0.5, 0.6) is 0 Å². The third kappa shape index (κ3) is 1.04. The van der Waals surface area contributed by atoms with Crippen LogP contribution in [0.4, 0.5) is 0 Å². The second kappa shape index (κ2) is 2.94. The number of carbonyl (C=O) groups is 1. The van der Waals surface area contributed by atoms with E-state index in [-0.39, 0.29) is 11.9 Å². The highest BCUT2D eigenvalue weighted by Gasteiger charge is 2.41. The van der Waals surface area contributed by atoms with Gasteiger partial charge in [0.2, 0.25) is 5.91 Å². The summed E-state index contributed by atoms with van der Waals surface area (Å²) in [6, 6.07) is 0.211. The Balaban J connectivity index is 1.95. The number of aliphatic imine (C=N–C) groups is 1. The van der Waals surface area contributed by atoms with Gasteiger partial charge in [0.15, 0.2) is 0 Å². The molecular formula is C11H14N2O. The number of amides is 1. The lowest BCUT2D eigenvalue weighted by Gasteiger charge is -2.36. The summed E-state index contributed by atoms with van der Waals surface area (Å²) in [4.78, 5) is 16.0. The van der Waals surface area contributed by atoms with Crippen molar-refractivity contribution in [2.75, 3.05) is 6.54 Å². The zero-order valence-corrected chi connectivity index (χ0v) is 8.07. The Kier molecular flexibility index (Phi) is 1.72. The van der Waals surface area contributed by atoms with Crippen molar-refractivity contribution in [1.82, 2.24) is 5.32 Å². The van der Waals surface area contributed by atoms with Crippen molar-refractivity contribution in [2.45, 2.75) is 25.3 Å². The minimum Gasteiger partial charge on any atom is -0.344 e. The molecule has 2 aliphatic heterocycles. The molecule has 1 amide bonds. The van der Waals surface area contributed by atoms with E-state index < -0.39 is 0 Å². The first-order chi connectivity index (χ1) is 6.86. The van der Waals surface area contributed by atoms with Gasteiger partial charge in [0.25, 0.3) is 0 Å². The lowest BCUT2D eigenvalue weighted by atomic mass is 9.73. The lowest BCUT2D eigenvalue weighted by Crippen LogP contribution is -2.50. The van der Waals surface area contributed by atoms with Crippen LogP contribution < -0.4 is 5.32 Å². The highest BCUT2D eigenvalue weighted by atomic mass is 16.1. The maximum atomic E-state index is 11.7. The summed E-state index contributed by atoms with van der Waals surface area (Å²) in [6.45, 7) is 0.896. The van der Waals surface area contributed by atoms with Gasteiger partial charge in [-0.1, -0.05) is 6.08 Å². The second-order valence-electron chi connectivity index (χ2n) is 4.37. The Morgan fingerprint density at radius 2 is 2.43 bits per heavy atom. The largest absolute Gasteiger partial charge is 0.344 e. The number of piperidine rings is 1. The molecule has 3 atom stereocenters. The van der Waals surface area contributed by atoms with E-state index in [1.165, 1.54) is 12.8 Å². The standard InChI is InChI=1S/C11H14N2O/c14-11-8-4-2-1-3-7(8)9-5-12-6-10(9)13-11/h4,6-7,9-10H,1-3,5H2,(H,13,14). The molecule has 14 heavy (non-hydrogen) atoms. The Morgan fingerprint density at radius 3 is 3.36 bits per heavy atom. The number of nitrogens with one attached hydrogen (secondary N) is 1. The van der Waals surface area contributed by atoms with Gasteiger partial charge in [-0.15, -0.1) is 0 Å². The molecule has 0 aromatic heterocycles. The second-order valence-corrected chi connectivity index (χ2v) is 4.37. The van der Waals surface area contributed by atoms with Crippen molar-refractivity contribution >= 4 is 12.1 Å². The first kappa shape index (κ1) is 8.21. The smallest absolute Gasteiger partial charge is 0.247 e. The Labute approximate surface area is 83.3 Å². The molecule has 1 saturated heterocycles. The van der Waals surface area contributed by atoms with E-state index in [1.54, 1.807) is 0 Å². The van der Waals surface area contributed by atoms with Crippen molar-refractivity contribution < 1.29 is 4.79 Å². The van der Waals surface area contributed by atoms with E-state index in [9.17, 15) is 4.79 Å². The fourth-order valence-electron chi connectivity index (χ4n) is 2.88. The number of nitrogens with zero attached hydrogens (tertiary/aromatic N) is 1. The number of carbonyl (C=O) groups excluding carboxylic acids is 1. The van der Waals surface area contributed by atoms with E-state index in [1.807, 2.05) is 6.21 Å². The van der Waals surface area contributed by atoms with Crippen molar-refractivity contribution in [2.24, 2.45) is 16.8 Å². The summed E-state index contributed by atoms with van der Waals surface area (Å²) in [7, 11) is 0. The fraction of sp³-hybridized carbons (Fsp3) is 0.636. The Hall–Kier alpha value is -1.12. The van der Waals surface area contributed by atoms with Crippen LogP contribution in [0, 0.1) is 11.8 Å². The molecule has 3 unspecified atom stereocenters. The third-order valence-electron chi connectivity index (χ3n) is 3.60. The SMILES string of the molecule is O=C1NC2C=NCC2C2CCCC=C12. The van der Waals surface area contributed by atoms with Gasteiger partial charge in [-0.3, -0.25) is 9.79 Å². The van der Waals surface area contributed by atoms with Crippen LogP contribution in [0.25, 0.3) is 0 Å². The monoisotopic (exact) mass is 190 g/mol. The fourth-order valence-corrected chi connectivity index (χ4v) is 2.88. The van der Waals surface area contributed by atoms with Crippen LogP contribution >= 0.6 is 0 Å². The van der Waals surface area contributed by atoms with E-state index >= 15 is 0 Å². The molecule has 2 heterocycles. The minimum atomic E-state index is 0.143. The molecule has 0 aromatic carbocycles. The maximum absolute atomic E-state index is 11.7. The van der Waals surface area contributed by atoms with Crippen molar-refractivity contribution in [1.29, 1.82) is 0 Å². The molecule has 1 aliphatic carbocycles. The van der Waals surface area contributed by atoms with Gasteiger partial charge in [-0.2, -0.15) is 0 Å². The third-order valence-corrected chi connectivity index (χ3v) is 3.60. The lowest BCUT2D eigenvalue weighted by molar-refractivity contribution is -0.120. The molecule has 3 nitrogen and oxygen atoms in total. The minimum absolute atomic E-state index is 0.143. The van der Waals surface area contributed by atoms with Crippen molar-refractivity contribution in [3.05, 3.63) is 11.6 Å². The van der Waals surface area contributed by atoms with E-state index in [4.69, 9.17) is 0 Å². The highest BCUT2D eigenvalue weighted by molar-refractivity contribution is 5.97. The molecule has 1 N–H and O–H groups in total. The average molecular weight is 190 g/mol. The Bertz CT molecular complexity index is 332. The van der Waals surface area contributed by atoms with Gasteiger partial charge in [-0.05, 0) is 25.2 Å². The molecule has 0 saturated carbocycles. The van der Waals surface area contributed by atoms with Crippen molar-refractivity contribution in [3.63, 3.8) is 0 Å². The molecule has 0 radical (unpaired) electrons. The Morgan fingerprint density at radius 1 is 1.50 bits per heavy atom. The van der Waals surface area contributed by atoms with Gasteiger partial charge in [0, 0.05) is 24.3 Å². The van der Waals surface area contributed by atoms with Gasteiger partial charge in [0.1, 0.15) is 0 Å². The van der Waals surface area contributed by atoms with E-state index in [0.29, 0.717) is 11.8 Å². The number of allylic oxidation sites excluding steroid dienone is 1. The zero-order chi connectivity index (χ0) is 9.54. The normalized spacial score (nSPS) is 39.9. The van der Waals surface area contributed by atoms with E-state index in [2.05, 4.69) is 16.4 Å². The van der Waals surface area contributed by atoms with Crippen LogP contribution in [0.15, 0.2) is 16.6 Å². The van der Waals surface area contributed by atoms with Crippen molar-refractivity contribution in [3.8, 4) is 0 Å². The van der Waals surface area contributed by atoms with Crippen LogP contribution in [-0.4, -0.2) is 24.7 Å². The first-order valence-electron chi connectivity index (χ1n) is 5.37. The predicted molar refractivity (Wildman–Crippen MR) is 54.2 cm³/mol. The number of rotatable bonds is 0. The molecule has 0 bridgehead atoms. The van der Waals surface area contributed by atoms with Gasteiger partial charge >= 0.3 is 0 Å². The van der Waals surface area contributed by atoms with Crippen LogP contribution in [-0.2, 0) is 4.79 Å². The van der Waals surface area contributed by atoms with Crippen LogP contribution in [0.1, 0.15) is 19.3 Å². The number of hydrogen-bond acceptors (Lipinski definition) is 2. The van der Waals surface area contributed by atoms with Gasteiger partial charge in [0.05, 0.1) is 6.04 Å². The topological polar surface area (TPSA) is 41.5 Å². The molecule has 0 aromatic rings. The molecule has 1 fully saturated rings. The van der Waals surface area contributed by atoms with E-state index in [0.717, 1.165) is 18.5 Å². The summed E-state index contributed by atoms with van der Waals surface area (Å²) in [5.74, 6) is 1.16. The van der Waals surface area contributed by atoms with Gasteiger partial charge < -0.3 is 5.32 Å². The summed E-state index contributed by atoms with van der Waals surface area (Å²) in [5, 5.41) is 3.02. The molecular weight excluding hydrogens is 176 g/mol. The maximum Gasteiger partial charge on any atom is 0.247 e. The molecule has 74 valence electrons. The molecule has 3 rings (SSSR count). The predicted octanol–water partition coefficient (Wildman–Crippen LogP) is 0.912. The summed E-state index contributed by atoms with van der Waals surface area (Å²) in [6.07, 6.45) is 7.50. The number of fused-ring (bicyclic) bond motifs is 3. The quantitative estimate of drug-likeness (QED) is 0.606. The summed E-state index contributed by atoms with van der Waals surface area (Å²) >= 11 is 0. The first-order valence-corrected chi connectivity index (χ1v) is 5.37. The summed E-state index contributed by atoms with van der Waals surface area (Å²) < 4.78 is 0. The van der Waals surface area contributed by atoms with Gasteiger partial charge in [-0.25, -0.2) is 0 Å². The summed E-state index contributed by atoms with van der Waals surface area (Å²) in [5.41, 5.74) is 1.03. The van der Waals surface area contributed by atoms with Crippen LogP contribution in [0.2, 0.25) is 0 Å². The molecule has 3 heteroatoms. The average Bonchev–Trinajstić information content (AvgIpc) is 2.66. The molecule has 0 spiro atoms. The number of hydrogen-bond donors (Lipinski definition) is 1. The zero-order valence-electron chi connectivity index (χ0n) is 8.07. The highest BCUT2D eigenvalue weighted by Crippen LogP contribution is 2.37. The molecule has 3 aliphatic rings. The van der Waals surface area contributed by atoms with Crippen LogP contribution in [0.3, 0.4) is 0 Å².